The zero-order valence-corrected chi connectivity index (χ0v) is 11.2. The number of anilines is 1. The van der Waals surface area contributed by atoms with Crippen LogP contribution in [0.3, 0.4) is 0 Å². The number of ether oxygens (including phenoxy) is 1. The average molecular weight is 296 g/mol. The molecule has 17 heavy (non-hydrogen) atoms. The van der Waals surface area contributed by atoms with E-state index in [4.69, 9.17) is 9.15 Å². The lowest BCUT2D eigenvalue weighted by Crippen LogP contribution is -2.02. The van der Waals surface area contributed by atoms with Gasteiger partial charge in [-0.25, -0.2) is 0 Å². The van der Waals surface area contributed by atoms with Crippen LogP contribution in [0.2, 0.25) is 0 Å². The lowest BCUT2D eigenvalue weighted by atomic mass is 10.2. The summed E-state index contributed by atoms with van der Waals surface area (Å²) in [5, 5.41) is 3.33. The summed E-state index contributed by atoms with van der Waals surface area (Å²) in [7, 11) is 1.69. The second-order valence-corrected chi connectivity index (χ2v) is 4.43. The Balaban J connectivity index is 2.03. The van der Waals surface area contributed by atoms with Gasteiger partial charge >= 0.3 is 0 Å². The van der Waals surface area contributed by atoms with Crippen molar-refractivity contribution < 1.29 is 9.15 Å². The van der Waals surface area contributed by atoms with E-state index in [0.717, 1.165) is 21.7 Å². The third-order valence-electron chi connectivity index (χ3n) is 2.40. The third kappa shape index (κ3) is 3.35. The van der Waals surface area contributed by atoms with Crippen LogP contribution in [0.25, 0.3) is 0 Å². The van der Waals surface area contributed by atoms with Crippen LogP contribution in [0, 0.1) is 0 Å². The molecule has 90 valence electrons. The fourth-order valence-corrected chi connectivity index (χ4v) is 1.94. The van der Waals surface area contributed by atoms with Gasteiger partial charge in [0.1, 0.15) is 5.76 Å². The van der Waals surface area contributed by atoms with Crippen molar-refractivity contribution in [1.29, 1.82) is 0 Å². The Bertz CT molecular complexity index is 482. The van der Waals surface area contributed by atoms with Gasteiger partial charge in [-0.2, -0.15) is 0 Å². The molecule has 2 rings (SSSR count). The van der Waals surface area contributed by atoms with Crippen LogP contribution in [0.1, 0.15) is 11.3 Å². The predicted molar refractivity (Wildman–Crippen MR) is 70.9 cm³/mol. The molecule has 1 N–H and O–H groups in total. The topological polar surface area (TPSA) is 34.4 Å². The monoisotopic (exact) mass is 295 g/mol. The van der Waals surface area contributed by atoms with Crippen molar-refractivity contribution in [2.24, 2.45) is 0 Å². The highest BCUT2D eigenvalue weighted by molar-refractivity contribution is 9.10. The van der Waals surface area contributed by atoms with E-state index in [2.05, 4.69) is 21.2 Å². The van der Waals surface area contributed by atoms with Gasteiger partial charge in [-0.15, -0.1) is 0 Å². The number of methoxy groups -OCH3 is 1. The second kappa shape index (κ2) is 5.89. The van der Waals surface area contributed by atoms with Gasteiger partial charge in [0.2, 0.25) is 0 Å². The van der Waals surface area contributed by atoms with Gasteiger partial charge < -0.3 is 14.5 Å². The molecule has 1 heterocycles. The SMILES string of the molecule is COCc1ccccc1NCc1ccc(Br)o1. The number of rotatable bonds is 5. The van der Waals surface area contributed by atoms with E-state index in [1.165, 1.54) is 0 Å². The number of furan rings is 1. The van der Waals surface area contributed by atoms with Crippen LogP contribution < -0.4 is 5.32 Å². The molecule has 0 saturated carbocycles. The first-order valence-corrected chi connectivity index (χ1v) is 6.14. The van der Waals surface area contributed by atoms with Crippen molar-refractivity contribution in [3.8, 4) is 0 Å². The first kappa shape index (κ1) is 12.2. The minimum absolute atomic E-state index is 0.602. The van der Waals surface area contributed by atoms with E-state index in [-0.39, 0.29) is 0 Å². The van der Waals surface area contributed by atoms with Crippen LogP contribution in [0.5, 0.6) is 0 Å². The molecule has 0 spiro atoms. The van der Waals surface area contributed by atoms with E-state index in [1.54, 1.807) is 7.11 Å². The van der Waals surface area contributed by atoms with E-state index < -0.39 is 0 Å². The number of para-hydroxylation sites is 1. The lowest BCUT2D eigenvalue weighted by molar-refractivity contribution is 0.185. The molecular weight excluding hydrogens is 282 g/mol. The molecule has 0 fully saturated rings. The Hall–Kier alpha value is -1.26. The van der Waals surface area contributed by atoms with E-state index in [9.17, 15) is 0 Å². The Labute approximate surface area is 109 Å². The highest BCUT2D eigenvalue weighted by Crippen LogP contribution is 2.19. The van der Waals surface area contributed by atoms with E-state index >= 15 is 0 Å². The standard InChI is InChI=1S/C13H14BrNO2/c1-16-9-10-4-2-3-5-12(10)15-8-11-6-7-13(14)17-11/h2-7,15H,8-9H2,1H3. The molecule has 0 bridgehead atoms. The van der Waals surface area contributed by atoms with E-state index in [0.29, 0.717) is 13.2 Å². The minimum atomic E-state index is 0.602. The Morgan fingerprint density at radius 2 is 2.06 bits per heavy atom. The second-order valence-electron chi connectivity index (χ2n) is 3.65. The summed E-state index contributed by atoms with van der Waals surface area (Å²) in [4.78, 5) is 0. The van der Waals surface area contributed by atoms with Crippen LogP contribution in [-0.2, 0) is 17.9 Å². The van der Waals surface area contributed by atoms with Crippen molar-refractivity contribution in [2.75, 3.05) is 12.4 Å². The fourth-order valence-electron chi connectivity index (χ4n) is 1.60. The molecule has 1 aromatic heterocycles. The van der Waals surface area contributed by atoms with Crippen molar-refractivity contribution in [3.63, 3.8) is 0 Å². The molecule has 0 unspecified atom stereocenters. The molecular formula is C13H14BrNO2. The van der Waals surface area contributed by atoms with Gasteiger partial charge in [0.15, 0.2) is 4.67 Å². The number of hydrogen-bond donors (Lipinski definition) is 1. The molecule has 0 aliphatic heterocycles. The van der Waals surface area contributed by atoms with Crippen molar-refractivity contribution >= 4 is 21.6 Å². The molecule has 3 nitrogen and oxygen atoms in total. The van der Waals surface area contributed by atoms with Crippen LogP contribution in [-0.4, -0.2) is 7.11 Å². The summed E-state index contributed by atoms with van der Waals surface area (Å²) >= 11 is 3.28. The first-order valence-electron chi connectivity index (χ1n) is 5.34. The zero-order chi connectivity index (χ0) is 12.1. The first-order chi connectivity index (χ1) is 8.29. The highest BCUT2D eigenvalue weighted by Gasteiger charge is 2.03. The summed E-state index contributed by atoms with van der Waals surface area (Å²) in [6.07, 6.45) is 0. The number of hydrogen-bond acceptors (Lipinski definition) is 3. The number of halogens is 1. The van der Waals surface area contributed by atoms with Gasteiger partial charge in [-0.1, -0.05) is 18.2 Å². The summed E-state index contributed by atoms with van der Waals surface area (Å²) in [5.41, 5.74) is 2.21. The van der Waals surface area contributed by atoms with Gasteiger partial charge in [-0.3, -0.25) is 0 Å². The summed E-state index contributed by atoms with van der Waals surface area (Å²) in [6, 6.07) is 11.9. The number of nitrogens with one attached hydrogen (secondary N) is 1. The molecule has 0 aliphatic carbocycles. The quantitative estimate of drug-likeness (QED) is 0.911. The maximum atomic E-state index is 5.43. The largest absolute Gasteiger partial charge is 0.452 e. The third-order valence-corrected chi connectivity index (χ3v) is 2.83. The maximum absolute atomic E-state index is 5.43. The minimum Gasteiger partial charge on any atom is -0.452 e. The average Bonchev–Trinajstić information content (AvgIpc) is 2.74. The zero-order valence-electron chi connectivity index (χ0n) is 9.57. The molecule has 0 radical (unpaired) electrons. The van der Waals surface area contributed by atoms with Gasteiger partial charge in [0, 0.05) is 18.4 Å². The highest BCUT2D eigenvalue weighted by atomic mass is 79.9. The summed E-state index contributed by atoms with van der Waals surface area (Å²) < 4.78 is 11.3. The molecule has 1 aromatic carbocycles. The Kier molecular flexibility index (Phi) is 4.23. The molecule has 2 aromatic rings. The van der Waals surface area contributed by atoms with Crippen molar-refractivity contribution in [1.82, 2.24) is 0 Å². The normalized spacial score (nSPS) is 10.5. The van der Waals surface area contributed by atoms with Gasteiger partial charge in [0.05, 0.1) is 13.2 Å². The molecule has 0 saturated heterocycles. The van der Waals surface area contributed by atoms with Crippen molar-refractivity contribution in [2.45, 2.75) is 13.2 Å². The Morgan fingerprint density at radius 1 is 1.24 bits per heavy atom. The predicted octanol–water partition coefficient (Wildman–Crippen LogP) is 3.80. The Morgan fingerprint density at radius 3 is 2.76 bits per heavy atom. The summed E-state index contributed by atoms with van der Waals surface area (Å²) in [6.45, 7) is 1.26. The van der Waals surface area contributed by atoms with E-state index in [1.807, 2.05) is 36.4 Å². The van der Waals surface area contributed by atoms with Gasteiger partial charge in [-0.05, 0) is 34.1 Å². The van der Waals surface area contributed by atoms with Crippen LogP contribution in [0.15, 0.2) is 45.5 Å². The fraction of sp³-hybridized carbons (Fsp3) is 0.231. The van der Waals surface area contributed by atoms with Crippen molar-refractivity contribution in [3.05, 3.63) is 52.4 Å². The smallest absolute Gasteiger partial charge is 0.169 e. The maximum Gasteiger partial charge on any atom is 0.169 e. The molecule has 0 aliphatic rings. The number of benzene rings is 1. The van der Waals surface area contributed by atoms with Crippen LogP contribution in [0.4, 0.5) is 5.69 Å². The molecule has 0 atom stereocenters. The molecule has 0 amide bonds. The molecule has 4 heteroatoms. The summed E-state index contributed by atoms with van der Waals surface area (Å²) in [5.74, 6) is 0.893. The van der Waals surface area contributed by atoms with Crippen LogP contribution >= 0.6 is 15.9 Å². The van der Waals surface area contributed by atoms with Gasteiger partial charge in [0.25, 0.3) is 0 Å². The lowest BCUT2D eigenvalue weighted by Gasteiger charge is -2.10.